The molecule has 18 heavy (non-hydrogen) atoms. The summed E-state index contributed by atoms with van der Waals surface area (Å²) in [5, 5.41) is 12.5. The van der Waals surface area contributed by atoms with Gasteiger partial charge in [-0.25, -0.2) is 8.78 Å². The van der Waals surface area contributed by atoms with Crippen LogP contribution < -0.4 is 5.32 Å². The molecule has 5 heteroatoms. The summed E-state index contributed by atoms with van der Waals surface area (Å²) in [6, 6.07) is 2.59. The molecule has 0 heterocycles. The normalized spacial score (nSPS) is 18.2. The first-order chi connectivity index (χ1) is 8.58. The molecule has 2 nitrogen and oxygen atoms in total. The molecule has 0 amide bonds. The highest BCUT2D eigenvalue weighted by Crippen LogP contribution is 2.30. The van der Waals surface area contributed by atoms with Crippen molar-refractivity contribution in [2.45, 2.75) is 37.8 Å². The topological polar surface area (TPSA) is 32.3 Å². The Morgan fingerprint density at radius 1 is 1.28 bits per heavy atom. The SMILES string of the molecule is OCC1(NCc2c(F)ccc(Br)c2F)CCCC1. The number of aliphatic hydroxyl groups is 1. The Kier molecular flexibility index (Phi) is 4.35. The summed E-state index contributed by atoms with van der Waals surface area (Å²) in [4.78, 5) is 0. The Bertz CT molecular complexity index is 433. The molecule has 0 radical (unpaired) electrons. The summed E-state index contributed by atoms with van der Waals surface area (Å²) in [7, 11) is 0. The van der Waals surface area contributed by atoms with Crippen LogP contribution in [0, 0.1) is 11.6 Å². The average molecular weight is 320 g/mol. The van der Waals surface area contributed by atoms with Gasteiger partial charge in [0.05, 0.1) is 11.1 Å². The first-order valence-corrected chi connectivity index (χ1v) is 6.85. The maximum Gasteiger partial charge on any atom is 0.144 e. The molecule has 0 unspecified atom stereocenters. The Morgan fingerprint density at radius 3 is 2.56 bits per heavy atom. The third-order valence-corrected chi connectivity index (χ3v) is 4.25. The summed E-state index contributed by atoms with van der Waals surface area (Å²) in [6.07, 6.45) is 3.77. The second-order valence-electron chi connectivity index (χ2n) is 4.82. The zero-order valence-corrected chi connectivity index (χ0v) is 11.6. The lowest BCUT2D eigenvalue weighted by Gasteiger charge is -2.28. The van der Waals surface area contributed by atoms with E-state index >= 15 is 0 Å². The lowest BCUT2D eigenvalue weighted by atomic mass is 9.98. The van der Waals surface area contributed by atoms with Gasteiger partial charge in [-0.15, -0.1) is 0 Å². The highest BCUT2D eigenvalue weighted by Gasteiger charge is 2.32. The van der Waals surface area contributed by atoms with E-state index in [0.717, 1.165) is 25.7 Å². The average Bonchev–Trinajstić information content (AvgIpc) is 2.84. The van der Waals surface area contributed by atoms with Crippen LogP contribution in [0.25, 0.3) is 0 Å². The number of rotatable bonds is 4. The zero-order chi connectivity index (χ0) is 13.2. The number of nitrogens with one attached hydrogen (secondary N) is 1. The quantitative estimate of drug-likeness (QED) is 0.836. The Morgan fingerprint density at radius 2 is 1.94 bits per heavy atom. The number of halogens is 3. The highest BCUT2D eigenvalue weighted by atomic mass is 79.9. The number of hydrogen-bond acceptors (Lipinski definition) is 2. The van der Waals surface area contributed by atoms with E-state index in [0.29, 0.717) is 0 Å². The maximum absolute atomic E-state index is 13.8. The van der Waals surface area contributed by atoms with Gasteiger partial charge in [-0.2, -0.15) is 0 Å². The van der Waals surface area contributed by atoms with Crippen molar-refractivity contribution in [2.24, 2.45) is 0 Å². The van der Waals surface area contributed by atoms with Crippen molar-refractivity contribution in [3.8, 4) is 0 Å². The molecule has 0 aliphatic heterocycles. The third kappa shape index (κ3) is 2.73. The summed E-state index contributed by atoms with van der Waals surface area (Å²) < 4.78 is 27.6. The molecule has 1 aliphatic rings. The lowest BCUT2D eigenvalue weighted by molar-refractivity contribution is 0.162. The van der Waals surface area contributed by atoms with E-state index in [1.54, 1.807) is 0 Å². The molecule has 1 fully saturated rings. The van der Waals surface area contributed by atoms with E-state index in [1.165, 1.54) is 12.1 Å². The van der Waals surface area contributed by atoms with E-state index in [9.17, 15) is 13.9 Å². The Hall–Kier alpha value is -0.520. The van der Waals surface area contributed by atoms with Crippen LogP contribution in [0.1, 0.15) is 31.2 Å². The van der Waals surface area contributed by atoms with Crippen LogP contribution in [0.4, 0.5) is 8.78 Å². The molecular formula is C13H16BrF2NO. The van der Waals surface area contributed by atoms with E-state index in [2.05, 4.69) is 21.2 Å². The van der Waals surface area contributed by atoms with Crippen molar-refractivity contribution in [1.82, 2.24) is 5.32 Å². The van der Waals surface area contributed by atoms with Gasteiger partial charge in [0.15, 0.2) is 0 Å². The third-order valence-electron chi connectivity index (χ3n) is 3.64. The molecule has 1 saturated carbocycles. The second kappa shape index (κ2) is 5.63. The molecule has 0 spiro atoms. The first kappa shape index (κ1) is 13.9. The Balaban J connectivity index is 2.12. The summed E-state index contributed by atoms with van der Waals surface area (Å²) in [6.45, 7) is 0.0991. The molecule has 0 saturated heterocycles. The fourth-order valence-electron chi connectivity index (χ4n) is 2.45. The van der Waals surface area contributed by atoms with E-state index < -0.39 is 11.6 Å². The van der Waals surface area contributed by atoms with Crippen molar-refractivity contribution < 1.29 is 13.9 Å². The predicted octanol–water partition coefficient (Wildman–Crippen LogP) is 3.12. The predicted molar refractivity (Wildman–Crippen MR) is 69.2 cm³/mol. The van der Waals surface area contributed by atoms with Crippen LogP contribution in [-0.2, 0) is 6.54 Å². The molecule has 1 aliphatic carbocycles. The van der Waals surface area contributed by atoms with Gasteiger partial charge in [0.1, 0.15) is 11.6 Å². The number of benzene rings is 1. The maximum atomic E-state index is 13.8. The molecular weight excluding hydrogens is 304 g/mol. The molecule has 0 bridgehead atoms. The molecule has 1 aromatic rings. The van der Waals surface area contributed by atoms with Crippen LogP contribution in [0.3, 0.4) is 0 Å². The fourth-order valence-corrected chi connectivity index (χ4v) is 2.82. The van der Waals surface area contributed by atoms with Crippen molar-refractivity contribution in [3.63, 3.8) is 0 Å². The molecule has 0 aromatic heterocycles. The minimum atomic E-state index is -0.575. The smallest absolute Gasteiger partial charge is 0.144 e. The summed E-state index contributed by atoms with van der Waals surface area (Å²) in [5.74, 6) is -1.14. The minimum Gasteiger partial charge on any atom is -0.394 e. The van der Waals surface area contributed by atoms with Crippen LogP contribution >= 0.6 is 15.9 Å². The number of hydrogen-bond donors (Lipinski definition) is 2. The van der Waals surface area contributed by atoms with Crippen molar-refractivity contribution in [2.75, 3.05) is 6.61 Å². The minimum absolute atomic E-state index is 0.00421. The van der Waals surface area contributed by atoms with Gasteiger partial charge in [-0.05, 0) is 40.9 Å². The molecule has 2 N–H and O–H groups in total. The molecule has 1 aromatic carbocycles. The largest absolute Gasteiger partial charge is 0.394 e. The van der Waals surface area contributed by atoms with Crippen LogP contribution in [0.5, 0.6) is 0 Å². The molecule has 100 valence electrons. The van der Waals surface area contributed by atoms with Crippen LogP contribution in [-0.4, -0.2) is 17.3 Å². The molecule has 0 atom stereocenters. The molecule has 2 rings (SSSR count). The van der Waals surface area contributed by atoms with Gasteiger partial charge in [-0.1, -0.05) is 12.8 Å². The van der Waals surface area contributed by atoms with Crippen molar-refractivity contribution in [1.29, 1.82) is 0 Å². The number of aliphatic hydroxyl groups excluding tert-OH is 1. The summed E-state index contributed by atoms with van der Waals surface area (Å²) in [5.41, 5.74) is -0.356. The second-order valence-corrected chi connectivity index (χ2v) is 5.68. The zero-order valence-electron chi connectivity index (χ0n) is 9.98. The van der Waals surface area contributed by atoms with Crippen molar-refractivity contribution >= 4 is 15.9 Å². The summed E-state index contributed by atoms with van der Waals surface area (Å²) >= 11 is 3.05. The van der Waals surface area contributed by atoms with Gasteiger partial charge >= 0.3 is 0 Å². The monoisotopic (exact) mass is 319 g/mol. The highest BCUT2D eigenvalue weighted by molar-refractivity contribution is 9.10. The fraction of sp³-hybridized carbons (Fsp3) is 0.538. The van der Waals surface area contributed by atoms with E-state index in [4.69, 9.17) is 0 Å². The van der Waals surface area contributed by atoms with Gasteiger partial charge in [-0.3, -0.25) is 0 Å². The Labute approximate surface area is 114 Å². The van der Waals surface area contributed by atoms with Crippen molar-refractivity contribution in [3.05, 3.63) is 33.8 Å². The van der Waals surface area contributed by atoms with Crippen LogP contribution in [0.15, 0.2) is 16.6 Å². The van der Waals surface area contributed by atoms with Gasteiger partial charge in [0.2, 0.25) is 0 Å². The van der Waals surface area contributed by atoms with Gasteiger partial charge in [0, 0.05) is 17.6 Å². The van der Waals surface area contributed by atoms with E-state index in [-0.39, 0.29) is 28.7 Å². The first-order valence-electron chi connectivity index (χ1n) is 6.06. The lowest BCUT2D eigenvalue weighted by Crippen LogP contribution is -2.45. The van der Waals surface area contributed by atoms with Crippen LogP contribution in [0.2, 0.25) is 0 Å². The van der Waals surface area contributed by atoms with Gasteiger partial charge < -0.3 is 10.4 Å². The van der Waals surface area contributed by atoms with Gasteiger partial charge in [0.25, 0.3) is 0 Å². The van der Waals surface area contributed by atoms with E-state index in [1.807, 2.05) is 0 Å². The standard InChI is InChI=1S/C13H16BrF2NO/c14-10-3-4-11(15)9(12(10)16)7-17-13(8-18)5-1-2-6-13/h3-4,17-18H,1-2,5-8H2.